The summed E-state index contributed by atoms with van der Waals surface area (Å²) in [4.78, 5) is 4.50. The number of hydrogen-bond donors (Lipinski definition) is 3. The second kappa shape index (κ2) is 10.6. The zero-order valence-corrected chi connectivity index (χ0v) is 17.3. The van der Waals surface area contributed by atoms with E-state index in [-0.39, 0.29) is 12.4 Å². The lowest BCUT2D eigenvalue weighted by molar-refractivity contribution is -0.137. The largest absolute Gasteiger partial charge is 0.416 e. The van der Waals surface area contributed by atoms with Crippen LogP contribution in [0.25, 0.3) is 0 Å². The standard InChI is InChI=1S/C23H28F4N4/c24-20-5-2-6-21(12-20)31-22(30-15-18-4-1-3-17(11-18)13-28)29-14-16-7-9-19(10-8-16)23(25,26)27/h2,5-10,12,17-18H,1,3-4,11,13-15,28H2,(H2,29,30,31). The number of alkyl halides is 3. The van der Waals surface area contributed by atoms with E-state index in [0.29, 0.717) is 42.1 Å². The molecule has 1 saturated carbocycles. The van der Waals surface area contributed by atoms with Gasteiger partial charge < -0.3 is 16.4 Å². The second-order valence-corrected chi connectivity index (χ2v) is 8.01. The highest BCUT2D eigenvalue weighted by Gasteiger charge is 2.29. The van der Waals surface area contributed by atoms with E-state index in [0.717, 1.165) is 37.8 Å². The van der Waals surface area contributed by atoms with E-state index < -0.39 is 11.7 Å². The molecule has 0 saturated heterocycles. The maximum Gasteiger partial charge on any atom is 0.416 e. The molecule has 0 aromatic heterocycles. The van der Waals surface area contributed by atoms with Gasteiger partial charge in [-0.2, -0.15) is 13.2 Å². The first-order chi connectivity index (χ1) is 14.8. The molecule has 2 aromatic rings. The Hall–Kier alpha value is -2.61. The molecule has 2 aromatic carbocycles. The number of nitrogens with zero attached hydrogens (tertiary/aromatic N) is 1. The van der Waals surface area contributed by atoms with Crippen LogP contribution in [-0.2, 0) is 12.7 Å². The van der Waals surface area contributed by atoms with Crippen LogP contribution >= 0.6 is 0 Å². The molecule has 4 nitrogen and oxygen atoms in total. The molecule has 2 unspecified atom stereocenters. The third kappa shape index (κ3) is 7.24. The lowest BCUT2D eigenvalue weighted by atomic mass is 9.81. The van der Waals surface area contributed by atoms with Crippen LogP contribution in [-0.4, -0.2) is 19.0 Å². The average Bonchev–Trinajstić information content (AvgIpc) is 2.75. The van der Waals surface area contributed by atoms with Crippen LogP contribution in [0.4, 0.5) is 23.2 Å². The number of rotatable bonds is 6. The van der Waals surface area contributed by atoms with E-state index in [4.69, 9.17) is 5.73 Å². The first kappa shape index (κ1) is 23.1. The Morgan fingerprint density at radius 2 is 1.81 bits per heavy atom. The van der Waals surface area contributed by atoms with Gasteiger partial charge in [-0.15, -0.1) is 0 Å². The number of halogens is 4. The first-order valence-corrected chi connectivity index (χ1v) is 10.5. The fourth-order valence-corrected chi connectivity index (χ4v) is 3.85. The second-order valence-electron chi connectivity index (χ2n) is 8.01. The summed E-state index contributed by atoms with van der Waals surface area (Å²) in [6.07, 6.45) is 0.0904. The van der Waals surface area contributed by atoms with E-state index in [1.165, 1.54) is 24.3 Å². The van der Waals surface area contributed by atoms with Gasteiger partial charge in [0.05, 0.1) is 12.1 Å². The molecule has 31 heavy (non-hydrogen) atoms. The summed E-state index contributed by atoms with van der Waals surface area (Å²) in [5, 5.41) is 6.39. The summed E-state index contributed by atoms with van der Waals surface area (Å²) in [6.45, 7) is 1.58. The third-order valence-electron chi connectivity index (χ3n) is 5.57. The van der Waals surface area contributed by atoms with Crippen molar-refractivity contribution in [2.24, 2.45) is 22.6 Å². The van der Waals surface area contributed by atoms with Gasteiger partial charge in [-0.05, 0) is 73.5 Å². The van der Waals surface area contributed by atoms with Gasteiger partial charge >= 0.3 is 6.18 Å². The SMILES string of the molecule is NCC1CCCC(CNC(=NCc2ccc(C(F)(F)F)cc2)Nc2cccc(F)c2)C1. The van der Waals surface area contributed by atoms with Crippen LogP contribution in [0, 0.1) is 17.7 Å². The van der Waals surface area contributed by atoms with Crippen molar-refractivity contribution in [1.82, 2.24) is 5.32 Å². The first-order valence-electron chi connectivity index (χ1n) is 10.5. The molecule has 3 rings (SSSR count). The minimum atomic E-state index is -4.37. The molecule has 8 heteroatoms. The number of nitrogens with one attached hydrogen (secondary N) is 2. The molecule has 0 spiro atoms. The van der Waals surface area contributed by atoms with E-state index in [1.807, 2.05) is 0 Å². The van der Waals surface area contributed by atoms with Crippen molar-refractivity contribution >= 4 is 11.6 Å². The number of guanidine groups is 1. The Balaban J connectivity index is 1.68. The third-order valence-corrected chi connectivity index (χ3v) is 5.57. The van der Waals surface area contributed by atoms with Gasteiger partial charge in [-0.3, -0.25) is 0 Å². The number of benzene rings is 2. The summed E-state index contributed by atoms with van der Waals surface area (Å²) in [6, 6.07) is 11.0. The Labute approximate surface area is 179 Å². The monoisotopic (exact) mass is 436 g/mol. The zero-order chi connectivity index (χ0) is 22.3. The number of hydrogen-bond acceptors (Lipinski definition) is 2. The summed E-state index contributed by atoms with van der Waals surface area (Å²) < 4.78 is 51.8. The topological polar surface area (TPSA) is 62.4 Å². The van der Waals surface area contributed by atoms with Gasteiger partial charge in [0, 0.05) is 12.2 Å². The van der Waals surface area contributed by atoms with Crippen molar-refractivity contribution in [3.8, 4) is 0 Å². The Bertz CT molecular complexity index is 865. The molecule has 0 radical (unpaired) electrons. The minimum Gasteiger partial charge on any atom is -0.356 e. The van der Waals surface area contributed by atoms with Crippen molar-refractivity contribution in [2.45, 2.75) is 38.4 Å². The maximum absolute atomic E-state index is 13.6. The van der Waals surface area contributed by atoms with Gasteiger partial charge in [0.15, 0.2) is 5.96 Å². The number of anilines is 1. The van der Waals surface area contributed by atoms with Gasteiger partial charge in [-0.25, -0.2) is 9.38 Å². The van der Waals surface area contributed by atoms with E-state index >= 15 is 0 Å². The molecule has 1 aliphatic rings. The molecule has 2 atom stereocenters. The van der Waals surface area contributed by atoms with Crippen LogP contribution in [0.3, 0.4) is 0 Å². The number of nitrogens with two attached hydrogens (primary N) is 1. The van der Waals surface area contributed by atoms with Gasteiger partial charge in [0.2, 0.25) is 0 Å². The normalized spacial score (nSPS) is 19.8. The molecule has 4 N–H and O–H groups in total. The summed E-state index contributed by atoms with van der Waals surface area (Å²) in [5.74, 6) is 1.09. The van der Waals surface area contributed by atoms with Gasteiger partial charge in [0.25, 0.3) is 0 Å². The molecule has 0 amide bonds. The van der Waals surface area contributed by atoms with Crippen molar-refractivity contribution in [1.29, 1.82) is 0 Å². The lowest BCUT2D eigenvalue weighted by Gasteiger charge is -2.29. The highest BCUT2D eigenvalue weighted by atomic mass is 19.4. The van der Waals surface area contributed by atoms with Crippen LogP contribution in [0.2, 0.25) is 0 Å². The van der Waals surface area contributed by atoms with Gasteiger partial charge in [0.1, 0.15) is 5.82 Å². The molecular formula is C23H28F4N4. The molecular weight excluding hydrogens is 408 g/mol. The summed E-state index contributed by atoms with van der Waals surface area (Å²) >= 11 is 0. The smallest absolute Gasteiger partial charge is 0.356 e. The van der Waals surface area contributed by atoms with E-state index in [9.17, 15) is 17.6 Å². The molecule has 168 valence electrons. The quantitative estimate of drug-likeness (QED) is 0.333. The fraction of sp³-hybridized carbons (Fsp3) is 0.435. The van der Waals surface area contributed by atoms with Gasteiger partial charge in [-0.1, -0.05) is 24.6 Å². The molecule has 0 bridgehead atoms. The molecule has 0 heterocycles. The Morgan fingerprint density at radius 3 is 2.48 bits per heavy atom. The number of aliphatic imine (C=N–C) groups is 1. The van der Waals surface area contributed by atoms with Crippen LogP contribution in [0.1, 0.15) is 36.8 Å². The minimum absolute atomic E-state index is 0.193. The zero-order valence-electron chi connectivity index (χ0n) is 17.3. The lowest BCUT2D eigenvalue weighted by Crippen LogP contribution is -2.37. The van der Waals surface area contributed by atoms with Crippen molar-refractivity contribution in [3.63, 3.8) is 0 Å². The van der Waals surface area contributed by atoms with Crippen LogP contribution in [0.5, 0.6) is 0 Å². The van der Waals surface area contributed by atoms with E-state index in [2.05, 4.69) is 15.6 Å². The van der Waals surface area contributed by atoms with Crippen LogP contribution < -0.4 is 16.4 Å². The predicted molar refractivity (Wildman–Crippen MR) is 115 cm³/mol. The summed E-state index contributed by atoms with van der Waals surface area (Å²) in [7, 11) is 0. The molecule has 1 aliphatic carbocycles. The Kier molecular flexibility index (Phi) is 7.90. The molecule has 0 aliphatic heterocycles. The van der Waals surface area contributed by atoms with Crippen molar-refractivity contribution < 1.29 is 17.6 Å². The highest BCUT2D eigenvalue weighted by Crippen LogP contribution is 2.29. The fourth-order valence-electron chi connectivity index (χ4n) is 3.85. The summed E-state index contributed by atoms with van der Waals surface area (Å²) in [5.41, 5.74) is 6.32. The van der Waals surface area contributed by atoms with Crippen LogP contribution in [0.15, 0.2) is 53.5 Å². The Morgan fingerprint density at radius 1 is 1.06 bits per heavy atom. The van der Waals surface area contributed by atoms with E-state index in [1.54, 1.807) is 12.1 Å². The highest BCUT2D eigenvalue weighted by molar-refractivity contribution is 5.93. The maximum atomic E-state index is 13.6. The predicted octanol–water partition coefficient (Wildman–Crippen LogP) is 5.17. The van der Waals surface area contributed by atoms with Crippen molar-refractivity contribution in [2.75, 3.05) is 18.4 Å². The average molecular weight is 436 g/mol. The van der Waals surface area contributed by atoms with Crippen molar-refractivity contribution in [3.05, 3.63) is 65.5 Å². The molecule has 1 fully saturated rings.